The van der Waals surface area contributed by atoms with Crippen molar-refractivity contribution < 1.29 is 0 Å². The molecular weight excluding hydrogens is 146 g/mol. The normalized spacial score (nSPS) is 22.4. The van der Waals surface area contributed by atoms with Crippen LogP contribution in [-0.2, 0) is 0 Å². The SMILES string of the molecule is C[C@@H]1CCC(c2ccccc2)=N1. The summed E-state index contributed by atoms with van der Waals surface area (Å²) in [7, 11) is 0. The summed E-state index contributed by atoms with van der Waals surface area (Å²) in [5, 5.41) is 0. The lowest BCUT2D eigenvalue weighted by molar-refractivity contribution is 0.739. The third-order valence-electron chi connectivity index (χ3n) is 2.28. The van der Waals surface area contributed by atoms with Gasteiger partial charge in [-0.05, 0) is 25.3 Å². The summed E-state index contributed by atoms with van der Waals surface area (Å²) in [6.07, 6.45) is 2.36. The van der Waals surface area contributed by atoms with Crippen LogP contribution >= 0.6 is 0 Å². The number of nitrogens with zero attached hydrogens (tertiary/aromatic N) is 1. The molecule has 0 N–H and O–H groups in total. The summed E-state index contributed by atoms with van der Waals surface area (Å²) in [6, 6.07) is 11.0. The molecule has 0 radical (unpaired) electrons. The second-order valence-electron chi connectivity index (χ2n) is 3.33. The molecule has 1 aromatic carbocycles. The number of aliphatic imine (C=N–C) groups is 1. The molecule has 0 bridgehead atoms. The van der Waals surface area contributed by atoms with Crippen LogP contribution in [0.15, 0.2) is 35.3 Å². The molecule has 0 aliphatic carbocycles. The summed E-state index contributed by atoms with van der Waals surface area (Å²) >= 11 is 0. The smallest absolute Gasteiger partial charge is 0.0478 e. The molecule has 0 saturated heterocycles. The summed E-state index contributed by atoms with van der Waals surface area (Å²) in [6.45, 7) is 2.18. The van der Waals surface area contributed by atoms with Crippen LogP contribution in [0.3, 0.4) is 0 Å². The monoisotopic (exact) mass is 159 g/mol. The van der Waals surface area contributed by atoms with Gasteiger partial charge in [0.2, 0.25) is 0 Å². The number of rotatable bonds is 1. The van der Waals surface area contributed by atoms with Crippen molar-refractivity contribution in [2.24, 2.45) is 4.99 Å². The predicted octanol–water partition coefficient (Wildman–Crippen LogP) is 2.66. The average Bonchev–Trinajstić information content (AvgIpc) is 2.54. The van der Waals surface area contributed by atoms with E-state index in [9.17, 15) is 0 Å². The van der Waals surface area contributed by atoms with E-state index in [0.29, 0.717) is 6.04 Å². The lowest BCUT2D eigenvalue weighted by Gasteiger charge is -1.97. The molecule has 0 aromatic heterocycles. The third-order valence-corrected chi connectivity index (χ3v) is 2.28. The molecule has 1 nitrogen and oxygen atoms in total. The Hall–Kier alpha value is -1.11. The molecule has 1 aliphatic rings. The van der Waals surface area contributed by atoms with Crippen molar-refractivity contribution in [1.29, 1.82) is 0 Å². The van der Waals surface area contributed by atoms with Gasteiger partial charge >= 0.3 is 0 Å². The fourth-order valence-electron chi connectivity index (χ4n) is 1.59. The number of hydrogen-bond donors (Lipinski definition) is 0. The van der Waals surface area contributed by atoms with Crippen LogP contribution in [0.2, 0.25) is 0 Å². The van der Waals surface area contributed by atoms with E-state index in [-0.39, 0.29) is 0 Å². The second-order valence-corrected chi connectivity index (χ2v) is 3.33. The molecule has 2 rings (SSSR count). The lowest BCUT2D eigenvalue weighted by Crippen LogP contribution is -1.94. The van der Waals surface area contributed by atoms with Crippen LogP contribution in [-0.4, -0.2) is 11.8 Å². The van der Waals surface area contributed by atoms with Gasteiger partial charge in [0.05, 0.1) is 0 Å². The largest absolute Gasteiger partial charge is 0.286 e. The summed E-state index contributed by atoms with van der Waals surface area (Å²) in [4.78, 5) is 4.58. The van der Waals surface area contributed by atoms with Crippen LogP contribution in [0.1, 0.15) is 25.3 Å². The molecule has 0 fully saturated rings. The molecule has 1 heterocycles. The zero-order valence-electron chi connectivity index (χ0n) is 7.33. The second kappa shape index (κ2) is 3.10. The fourth-order valence-corrected chi connectivity index (χ4v) is 1.59. The van der Waals surface area contributed by atoms with Crippen molar-refractivity contribution in [3.63, 3.8) is 0 Å². The first kappa shape index (κ1) is 7.53. The minimum Gasteiger partial charge on any atom is -0.286 e. The Bertz CT molecular complexity index is 287. The van der Waals surface area contributed by atoms with Crippen molar-refractivity contribution in [3.05, 3.63) is 35.9 Å². The zero-order chi connectivity index (χ0) is 8.39. The van der Waals surface area contributed by atoms with E-state index in [2.05, 4.69) is 36.2 Å². The first-order valence-electron chi connectivity index (χ1n) is 4.48. The molecule has 0 amide bonds. The molecule has 0 spiro atoms. The van der Waals surface area contributed by atoms with Gasteiger partial charge in [-0.1, -0.05) is 30.3 Å². The summed E-state index contributed by atoms with van der Waals surface area (Å²) in [5.74, 6) is 0. The summed E-state index contributed by atoms with van der Waals surface area (Å²) < 4.78 is 0. The van der Waals surface area contributed by atoms with Crippen molar-refractivity contribution in [2.45, 2.75) is 25.8 Å². The maximum Gasteiger partial charge on any atom is 0.0478 e. The Labute approximate surface area is 73.1 Å². The molecule has 0 saturated carbocycles. The van der Waals surface area contributed by atoms with Crippen molar-refractivity contribution in [1.82, 2.24) is 0 Å². The highest BCUT2D eigenvalue weighted by molar-refractivity contribution is 6.01. The minimum atomic E-state index is 0.528. The van der Waals surface area contributed by atoms with E-state index < -0.39 is 0 Å². The Morgan fingerprint density at radius 3 is 2.58 bits per heavy atom. The quantitative estimate of drug-likeness (QED) is 0.597. The molecule has 1 aromatic rings. The molecule has 12 heavy (non-hydrogen) atoms. The zero-order valence-corrected chi connectivity index (χ0v) is 7.33. The van der Waals surface area contributed by atoms with Crippen molar-refractivity contribution in [3.8, 4) is 0 Å². The Kier molecular flexibility index (Phi) is 1.94. The van der Waals surface area contributed by atoms with Gasteiger partial charge in [-0.2, -0.15) is 0 Å². The van der Waals surface area contributed by atoms with E-state index in [0.717, 1.165) is 6.42 Å². The van der Waals surface area contributed by atoms with E-state index >= 15 is 0 Å². The van der Waals surface area contributed by atoms with Crippen molar-refractivity contribution in [2.75, 3.05) is 0 Å². The highest BCUT2D eigenvalue weighted by atomic mass is 14.8. The average molecular weight is 159 g/mol. The predicted molar refractivity (Wildman–Crippen MR) is 51.7 cm³/mol. The van der Waals surface area contributed by atoms with Crippen LogP contribution < -0.4 is 0 Å². The van der Waals surface area contributed by atoms with Gasteiger partial charge in [0, 0.05) is 11.8 Å². The van der Waals surface area contributed by atoms with Gasteiger partial charge < -0.3 is 0 Å². The van der Waals surface area contributed by atoms with E-state index in [4.69, 9.17) is 0 Å². The van der Waals surface area contributed by atoms with Crippen molar-refractivity contribution >= 4 is 5.71 Å². The Morgan fingerprint density at radius 2 is 2.00 bits per heavy atom. The maximum absolute atomic E-state index is 4.58. The van der Waals surface area contributed by atoms with Crippen LogP contribution in [0.5, 0.6) is 0 Å². The molecular formula is C11H13N. The molecule has 62 valence electrons. The van der Waals surface area contributed by atoms with Gasteiger partial charge in [0.15, 0.2) is 0 Å². The number of hydrogen-bond acceptors (Lipinski definition) is 1. The van der Waals surface area contributed by atoms with E-state index in [1.165, 1.54) is 17.7 Å². The number of benzene rings is 1. The van der Waals surface area contributed by atoms with E-state index in [1.807, 2.05) is 6.07 Å². The lowest BCUT2D eigenvalue weighted by atomic mass is 10.1. The molecule has 1 atom stereocenters. The standard InChI is InChI=1S/C11H13N/c1-9-7-8-11(12-9)10-5-3-2-4-6-10/h2-6,9H,7-8H2,1H3/t9-/m1/s1. The highest BCUT2D eigenvalue weighted by Crippen LogP contribution is 2.17. The Balaban J connectivity index is 2.27. The molecule has 0 unspecified atom stereocenters. The van der Waals surface area contributed by atoms with Gasteiger partial charge in [-0.3, -0.25) is 4.99 Å². The van der Waals surface area contributed by atoms with E-state index in [1.54, 1.807) is 0 Å². The van der Waals surface area contributed by atoms with Gasteiger partial charge in [0.1, 0.15) is 0 Å². The first-order chi connectivity index (χ1) is 5.86. The first-order valence-corrected chi connectivity index (χ1v) is 4.48. The van der Waals surface area contributed by atoms with Gasteiger partial charge in [-0.15, -0.1) is 0 Å². The maximum atomic E-state index is 4.58. The summed E-state index contributed by atoms with van der Waals surface area (Å²) in [5.41, 5.74) is 2.57. The van der Waals surface area contributed by atoms with Crippen LogP contribution in [0, 0.1) is 0 Å². The molecule has 1 aliphatic heterocycles. The minimum absolute atomic E-state index is 0.528. The van der Waals surface area contributed by atoms with Crippen LogP contribution in [0.25, 0.3) is 0 Å². The molecule has 1 heteroatoms. The highest BCUT2D eigenvalue weighted by Gasteiger charge is 2.13. The topological polar surface area (TPSA) is 12.4 Å². The Morgan fingerprint density at radius 1 is 1.25 bits per heavy atom. The van der Waals surface area contributed by atoms with Gasteiger partial charge in [0.25, 0.3) is 0 Å². The fraction of sp³-hybridized carbons (Fsp3) is 0.364. The third kappa shape index (κ3) is 1.40. The van der Waals surface area contributed by atoms with Crippen LogP contribution in [0.4, 0.5) is 0 Å². The van der Waals surface area contributed by atoms with Gasteiger partial charge in [-0.25, -0.2) is 0 Å².